The predicted molar refractivity (Wildman–Crippen MR) is 131 cm³/mol. The molecule has 1 aromatic rings. The average Bonchev–Trinajstić information content (AvgIpc) is 2.84. The van der Waals surface area contributed by atoms with Crippen LogP contribution < -0.4 is 15.5 Å². The minimum Gasteiger partial charge on any atom is -0.371 e. The van der Waals surface area contributed by atoms with E-state index in [0.29, 0.717) is 6.04 Å². The van der Waals surface area contributed by atoms with Gasteiger partial charge in [-0.3, -0.25) is 9.89 Å². The van der Waals surface area contributed by atoms with Crippen molar-refractivity contribution in [1.82, 2.24) is 20.4 Å². The molecule has 2 N–H and O–H groups in total. The Morgan fingerprint density at radius 3 is 2.44 bits per heavy atom. The quantitative estimate of drug-likeness (QED) is 0.540. The van der Waals surface area contributed by atoms with Crippen molar-refractivity contribution in [3.63, 3.8) is 0 Å². The Kier molecular flexibility index (Phi) is 7.89. The fourth-order valence-corrected chi connectivity index (χ4v) is 5.60. The van der Waals surface area contributed by atoms with E-state index in [0.717, 1.165) is 44.1 Å². The first kappa shape index (κ1) is 23.3. The molecule has 4 rings (SSSR count). The van der Waals surface area contributed by atoms with Crippen molar-refractivity contribution in [2.24, 2.45) is 4.99 Å². The highest BCUT2D eigenvalue weighted by Crippen LogP contribution is 2.31. The summed E-state index contributed by atoms with van der Waals surface area (Å²) in [5.74, 6) is 0.758. The highest BCUT2D eigenvalue weighted by atomic mass is 19.1. The van der Waals surface area contributed by atoms with Crippen molar-refractivity contribution in [3.8, 4) is 0 Å². The molecule has 0 unspecified atom stereocenters. The molecule has 0 atom stereocenters. The third kappa shape index (κ3) is 5.73. The van der Waals surface area contributed by atoms with E-state index in [4.69, 9.17) is 0 Å². The maximum absolute atomic E-state index is 13.6. The molecule has 0 bridgehead atoms. The van der Waals surface area contributed by atoms with Gasteiger partial charge in [0.2, 0.25) is 0 Å². The Labute approximate surface area is 193 Å². The Hall–Kier alpha value is -1.86. The first-order chi connectivity index (χ1) is 15.6. The summed E-state index contributed by atoms with van der Waals surface area (Å²) in [6, 6.07) is 7.33. The number of benzene rings is 1. The number of halogens is 1. The second kappa shape index (κ2) is 10.8. The standard InChI is InChI=1S/C25H41FN6/c1-27-24(29-22-9-15-31(16-10-22)23-8-6-7-21(26)19-23)28-20-25(11-17-30(2)18-12-25)32-13-4-3-5-14-32/h6-8,19,22H,3-5,9-18,20H2,1-2H3,(H2,27,28,29). The minimum atomic E-state index is -0.163. The van der Waals surface area contributed by atoms with Gasteiger partial charge in [-0.2, -0.15) is 0 Å². The van der Waals surface area contributed by atoms with E-state index in [2.05, 4.69) is 37.4 Å². The highest BCUT2D eigenvalue weighted by molar-refractivity contribution is 5.80. The summed E-state index contributed by atoms with van der Waals surface area (Å²) in [6.45, 7) is 7.63. The molecule has 0 aromatic heterocycles. The molecule has 0 aliphatic carbocycles. The molecular weight excluding hydrogens is 403 g/mol. The molecule has 6 nitrogen and oxygen atoms in total. The Morgan fingerprint density at radius 1 is 1.06 bits per heavy atom. The zero-order valence-corrected chi connectivity index (χ0v) is 20.0. The second-order valence-electron chi connectivity index (χ2n) is 9.89. The number of anilines is 1. The van der Waals surface area contributed by atoms with E-state index in [1.54, 1.807) is 12.1 Å². The zero-order chi connectivity index (χ0) is 22.4. The topological polar surface area (TPSA) is 46.1 Å². The van der Waals surface area contributed by atoms with Gasteiger partial charge in [0.15, 0.2) is 5.96 Å². The van der Waals surface area contributed by atoms with Crippen LogP contribution in [0.1, 0.15) is 44.9 Å². The molecule has 0 radical (unpaired) electrons. The summed E-state index contributed by atoms with van der Waals surface area (Å²) in [6.07, 6.45) is 8.53. The molecule has 3 heterocycles. The van der Waals surface area contributed by atoms with Crippen molar-refractivity contribution in [2.75, 3.05) is 64.8 Å². The third-order valence-corrected chi connectivity index (χ3v) is 7.76. The molecule has 3 aliphatic heterocycles. The van der Waals surface area contributed by atoms with E-state index in [9.17, 15) is 4.39 Å². The van der Waals surface area contributed by atoms with E-state index >= 15 is 0 Å². The number of guanidine groups is 1. The van der Waals surface area contributed by atoms with Crippen LogP contribution in [0.25, 0.3) is 0 Å². The molecule has 3 aliphatic rings. The van der Waals surface area contributed by atoms with Crippen molar-refractivity contribution in [1.29, 1.82) is 0 Å². The summed E-state index contributed by atoms with van der Waals surface area (Å²) in [5, 5.41) is 7.37. The number of hydrogen-bond donors (Lipinski definition) is 2. The van der Waals surface area contributed by atoms with Gasteiger partial charge in [-0.15, -0.1) is 0 Å². The van der Waals surface area contributed by atoms with Crippen LogP contribution in [0.5, 0.6) is 0 Å². The van der Waals surface area contributed by atoms with Crippen LogP contribution in [0, 0.1) is 5.82 Å². The number of nitrogens with one attached hydrogen (secondary N) is 2. The predicted octanol–water partition coefficient (Wildman–Crippen LogP) is 2.91. The lowest BCUT2D eigenvalue weighted by Gasteiger charge is -2.50. The maximum atomic E-state index is 13.6. The summed E-state index contributed by atoms with van der Waals surface area (Å²) < 4.78 is 13.6. The van der Waals surface area contributed by atoms with E-state index < -0.39 is 0 Å². The summed E-state index contributed by atoms with van der Waals surface area (Å²) >= 11 is 0. The summed E-state index contributed by atoms with van der Waals surface area (Å²) in [7, 11) is 4.11. The SMILES string of the molecule is CN=C(NCC1(N2CCCCC2)CCN(C)CC1)NC1CCN(c2cccc(F)c2)CC1. The molecule has 7 heteroatoms. The van der Waals surface area contributed by atoms with Gasteiger partial charge in [0.05, 0.1) is 0 Å². The monoisotopic (exact) mass is 444 g/mol. The lowest BCUT2D eigenvalue weighted by molar-refractivity contribution is 0.0173. The van der Waals surface area contributed by atoms with Gasteiger partial charge in [0.1, 0.15) is 5.82 Å². The van der Waals surface area contributed by atoms with Crippen molar-refractivity contribution in [3.05, 3.63) is 30.1 Å². The van der Waals surface area contributed by atoms with Crippen molar-refractivity contribution >= 4 is 11.6 Å². The number of likely N-dealkylation sites (tertiary alicyclic amines) is 2. The van der Waals surface area contributed by atoms with Gasteiger partial charge in [0, 0.05) is 44.0 Å². The second-order valence-corrected chi connectivity index (χ2v) is 9.89. The highest BCUT2D eigenvalue weighted by Gasteiger charge is 2.39. The van der Waals surface area contributed by atoms with Crippen LogP contribution in [0.2, 0.25) is 0 Å². The zero-order valence-electron chi connectivity index (χ0n) is 20.0. The van der Waals surface area contributed by atoms with Crippen LogP contribution in [0.4, 0.5) is 10.1 Å². The molecule has 0 amide bonds. The number of hydrogen-bond acceptors (Lipinski definition) is 4. The molecule has 3 saturated heterocycles. The van der Waals surface area contributed by atoms with Crippen LogP contribution in [-0.4, -0.2) is 87.2 Å². The molecule has 32 heavy (non-hydrogen) atoms. The van der Waals surface area contributed by atoms with Gasteiger partial charge in [-0.25, -0.2) is 4.39 Å². The Balaban J connectivity index is 1.30. The van der Waals surface area contributed by atoms with E-state index in [1.165, 1.54) is 64.3 Å². The fourth-order valence-electron chi connectivity index (χ4n) is 5.60. The van der Waals surface area contributed by atoms with Gasteiger partial charge in [-0.1, -0.05) is 12.5 Å². The first-order valence-electron chi connectivity index (χ1n) is 12.5. The summed E-state index contributed by atoms with van der Waals surface area (Å²) in [4.78, 5) is 12.1. The van der Waals surface area contributed by atoms with E-state index in [-0.39, 0.29) is 11.4 Å². The third-order valence-electron chi connectivity index (χ3n) is 7.76. The molecule has 0 saturated carbocycles. The van der Waals surface area contributed by atoms with Gasteiger partial charge < -0.3 is 20.4 Å². The van der Waals surface area contributed by atoms with Gasteiger partial charge in [-0.05, 0) is 90.0 Å². The van der Waals surface area contributed by atoms with Crippen LogP contribution in [0.3, 0.4) is 0 Å². The van der Waals surface area contributed by atoms with Crippen molar-refractivity contribution < 1.29 is 4.39 Å². The Morgan fingerprint density at radius 2 is 1.78 bits per heavy atom. The number of aliphatic imine (C=N–C) groups is 1. The van der Waals surface area contributed by atoms with Crippen LogP contribution >= 0.6 is 0 Å². The maximum Gasteiger partial charge on any atom is 0.191 e. The lowest BCUT2D eigenvalue weighted by atomic mass is 9.84. The molecule has 1 aromatic carbocycles. The van der Waals surface area contributed by atoms with Crippen LogP contribution in [0.15, 0.2) is 29.3 Å². The van der Waals surface area contributed by atoms with Crippen molar-refractivity contribution in [2.45, 2.75) is 56.5 Å². The fraction of sp³-hybridized carbons (Fsp3) is 0.720. The summed E-state index contributed by atoms with van der Waals surface area (Å²) in [5.41, 5.74) is 1.22. The number of nitrogens with zero attached hydrogens (tertiary/aromatic N) is 4. The molecule has 3 fully saturated rings. The molecular formula is C25H41FN6. The first-order valence-corrected chi connectivity index (χ1v) is 12.5. The largest absolute Gasteiger partial charge is 0.371 e. The van der Waals surface area contributed by atoms with E-state index in [1.807, 2.05) is 13.1 Å². The minimum absolute atomic E-state index is 0.163. The number of piperidine rings is 3. The smallest absolute Gasteiger partial charge is 0.191 e. The molecule has 178 valence electrons. The average molecular weight is 445 g/mol. The van der Waals surface area contributed by atoms with Crippen LogP contribution in [-0.2, 0) is 0 Å². The lowest BCUT2D eigenvalue weighted by Crippen LogP contribution is -2.62. The number of rotatable bonds is 5. The van der Waals surface area contributed by atoms with Gasteiger partial charge in [0.25, 0.3) is 0 Å². The van der Waals surface area contributed by atoms with Gasteiger partial charge >= 0.3 is 0 Å². The normalized spacial score (nSPS) is 23.8. The molecule has 0 spiro atoms. The Bertz CT molecular complexity index is 747.